The highest BCUT2D eigenvalue weighted by molar-refractivity contribution is 6.54. The molecule has 0 spiro atoms. The van der Waals surface area contributed by atoms with Gasteiger partial charge in [0.05, 0.1) is 29.9 Å². The number of nitrogens with zero attached hydrogens (tertiary/aromatic N) is 2. The molecular weight excluding hydrogens is 292 g/mol. The number of amides is 1. The molecule has 1 aromatic heterocycles. The number of hydrogen-bond acceptors (Lipinski definition) is 4. The Morgan fingerprint density at radius 1 is 1.24 bits per heavy atom. The number of methoxy groups -OCH3 is 1. The van der Waals surface area contributed by atoms with Crippen LogP contribution in [-0.2, 0) is 11.3 Å². The topological polar surface area (TPSA) is 59.5 Å². The SMILES string of the molecule is COc1ncccc1CN1C(=O)C(=O)c2cccc(Cl)c21. The second-order valence-corrected chi connectivity index (χ2v) is 4.94. The van der Waals surface area contributed by atoms with Crippen molar-refractivity contribution in [2.75, 3.05) is 12.0 Å². The van der Waals surface area contributed by atoms with Crippen molar-refractivity contribution in [3.05, 3.63) is 52.7 Å². The average Bonchev–Trinajstić information content (AvgIpc) is 2.74. The molecule has 3 rings (SSSR count). The van der Waals surface area contributed by atoms with E-state index in [2.05, 4.69) is 4.98 Å². The number of Topliss-reactive ketones (excluding diaryl/α,β-unsaturated/α-hetero) is 1. The van der Waals surface area contributed by atoms with E-state index in [1.165, 1.54) is 12.0 Å². The molecule has 0 fully saturated rings. The first-order valence-corrected chi connectivity index (χ1v) is 6.64. The Morgan fingerprint density at radius 2 is 2.05 bits per heavy atom. The molecule has 1 aliphatic rings. The van der Waals surface area contributed by atoms with Crippen LogP contribution in [0.25, 0.3) is 0 Å². The highest BCUT2D eigenvalue weighted by Crippen LogP contribution is 2.37. The molecule has 2 heterocycles. The van der Waals surface area contributed by atoms with E-state index >= 15 is 0 Å². The maximum Gasteiger partial charge on any atom is 0.299 e. The molecule has 0 bridgehead atoms. The van der Waals surface area contributed by atoms with Crippen molar-refractivity contribution in [3.63, 3.8) is 0 Å². The first-order chi connectivity index (χ1) is 10.1. The largest absolute Gasteiger partial charge is 0.481 e. The van der Waals surface area contributed by atoms with E-state index in [0.717, 1.165) is 0 Å². The summed E-state index contributed by atoms with van der Waals surface area (Å²) in [5, 5.41) is 0.370. The molecule has 0 N–H and O–H groups in total. The molecule has 0 radical (unpaired) electrons. The van der Waals surface area contributed by atoms with E-state index < -0.39 is 11.7 Å². The molecule has 1 aliphatic heterocycles. The molecule has 21 heavy (non-hydrogen) atoms. The van der Waals surface area contributed by atoms with Gasteiger partial charge in [-0.25, -0.2) is 4.98 Å². The van der Waals surface area contributed by atoms with Gasteiger partial charge in [-0.15, -0.1) is 0 Å². The lowest BCUT2D eigenvalue weighted by atomic mass is 10.1. The second-order valence-electron chi connectivity index (χ2n) is 4.53. The van der Waals surface area contributed by atoms with Gasteiger partial charge in [-0.2, -0.15) is 0 Å². The summed E-state index contributed by atoms with van der Waals surface area (Å²) in [4.78, 5) is 29.6. The number of pyridine rings is 1. The van der Waals surface area contributed by atoms with Crippen LogP contribution in [-0.4, -0.2) is 23.8 Å². The molecule has 5 nitrogen and oxygen atoms in total. The fourth-order valence-corrected chi connectivity index (χ4v) is 2.64. The van der Waals surface area contributed by atoms with Gasteiger partial charge in [0, 0.05) is 11.8 Å². The normalized spacial score (nSPS) is 13.5. The van der Waals surface area contributed by atoms with Crippen LogP contribution in [0.2, 0.25) is 5.02 Å². The zero-order valence-electron chi connectivity index (χ0n) is 11.2. The van der Waals surface area contributed by atoms with E-state index in [0.29, 0.717) is 27.7 Å². The van der Waals surface area contributed by atoms with E-state index in [-0.39, 0.29) is 6.54 Å². The lowest BCUT2D eigenvalue weighted by molar-refractivity contribution is -0.114. The van der Waals surface area contributed by atoms with Gasteiger partial charge in [-0.05, 0) is 18.2 Å². The number of halogens is 1. The Balaban J connectivity index is 2.04. The summed E-state index contributed by atoms with van der Waals surface area (Å²) in [5.74, 6) is -0.724. The van der Waals surface area contributed by atoms with Crippen LogP contribution in [0, 0.1) is 0 Å². The number of ketones is 1. The zero-order chi connectivity index (χ0) is 15.0. The predicted octanol–water partition coefficient (Wildman–Crippen LogP) is 2.47. The van der Waals surface area contributed by atoms with Gasteiger partial charge in [0.25, 0.3) is 11.7 Å². The summed E-state index contributed by atoms with van der Waals surface area (Å²) >= 11 is 6.14. The van der Waals surface area contributed by atoms with Gasteiger partial charge in [0.2, 0.25) is 5.88 Å². The molecule has 6 heteroatoms. The molecule has 0 unspecified atom stereocenters. The maximum atomic E-state index is 12.2. The van der Waals surface area contributed by atoms with Crippen LogP contribution in [0.4, 0.5) is 5.69 Å². The summed E-state index contributed by atoms with van der Waals surface area (Å²) in [6.07, 6.45) is 1.60. The summed E-state index contributed by atoms with van der Waals surface area (Å²) in [7, 11) is 1.50. The Morgan fingerprint density at radius 3 is 2.81 bits per heavy atom. The second kappa shape index (κ2) is 5.18. The highest BCUT2D eigenvalue weighted by Gasteiger charge is 2.37. The van der Waals surface area contributed by atoms with E-state index in [1.54, 1.807) is 36.5 Å². The fraction of sp³-hybridized carbons (Fsp3) is 0.133. The van der Waals surface area contributed by atoms with Crippen LogP contribution < -0.4 is 9.64 Å². The van der Waals surface area contributed by atoms with Gasteiger partial charge in [0.1, 0.15) is 0 Å². The number of benzene rings is 1. The number of para-hydroxylation sites is 1. The van der Waals surface area contributed by atoms with Crippen LogP contribution in [0.1, 0.15) is 15.9 Å². The van der Waals surface area contributed by atoms with Gasteiger partial charge in [-0.3, -0.25) is 14.5 Å². The Bertz CT molecular complexity index is 745. The number of rotatable bonds is 3. The molecule has 0 atom stereocenters. The van der Waals surface area contributed by atoms with Gasteiger partial charge >= 0.3 is 0 Å². The highest BCUT2D eigenvalue weighted by atomic mass is 35.5. The molecule has 1 amide bonds. The van der Waals surface area contributed by atoms with Crippen molar-refractivity contribution < 1.29 is 14.3 Å². The fourth-order valence-electron chi connectivity index (χ4n) is 2.36. The van der Waals surface area contributed by atoms with E-state index in [9.17, 15) is 9.59 Å². The summed E-state index contributed by atoms with van der Waals surface area (Å²) in [6, 6.07) is 8.44. The molecule has 0 saturated carbocycles. The quantitative estimate of drug-likeness (QED) is 0.817. The molecule has 106 valence electrons. The molecular formula is C15H11ClN2O3. The predicted molar refractivity (Wildman–Crippen MR) is 77.8 cm³/mol. The lowest BCUT2D eigenvalue weighted by Gasteiger charge is -2.18. The summed E-state index contributed by atoms with van der Waals surface area (Å²) in [5.41, 5.74) is 1.48. The number of ether oxygens (including phenoxy) is 1. The third-order valence-corrected chi connectivity index (χ3v) is 3.62. The molecule has 0 aliphatic carbocycles. The van der Waals surface area contributed by atoms with Crippen molar-refractivity contribution in [1.29, 1.82) is 0 Å². The minimum atomic E-state index is -0.594. The van der Waals surface area contributed by atoms with Crippen LogP contribution in [0.15, 0.2) is 36.5 Å². The minimum Gasteiger partial charge on any atom is -0.481 e. The molecule has 2 aromatic rings. The van der Waals surface area contributed by atoms with Crippen LogP contribution in [0.5, 0.6) is 5.88 Å². The van der Waals surface area contributed by atoms with Crippen molar-refractivity contribution in [2.45, 2.75) is 6.54 Å². The Kier molecular flexibility index (Phi) is 3.35. The maximum absolute atomic E-state index is 12.2. The zero-order valence-corrected chi connectivity index (χ0v) is 11.9. The van der Waals surface area contributed by atoms with Crippen LogP contribution >= 0.6 is 11.6 Å². The van der Waals surface area contributed by atoms with Gasteiger partial charge in [0.15, 0.2) is 0 Å². The number of carbonyl (C=O) groups is 2. The van der Waals surface area contributed by atoms with Crippen molar-refractivity contribution >= 4 is 29.0 Å². The van der Waals surface area contributed by atoms with E-state index in [4.69, 9.17) is 16.3 Å². The van der Waals surface area contributed by atoms with Crippen molar-refractivity contribution in [1.82, 2.24) is 4.98 Å². The molecule has 1 aromatic carbocycles. The van der Waals surface area contributed by atoms with Gasteiger partial charge in [-0.1, -0.05) is 23.7 Å². The Hall–Kier alpha value is -2.40. The minimum absolute atomic E-state index is 0.179. The number of anilines is 1. The first-order valence-electron chi connectivity index (χ1n) is 6.26. The van der Waals surface area contributed by atoms with Crippen molar-refractivity contribution in [3.8, 4) is 5.88 Å². The number of hydrogen-bond donors (Lipinski definition) is 0. The summed E-state index contributed by atoms with van der Waals surface area (Å²) in [6.45, 7) is 0.179. The number of aromatic nitrogens is 1. The van der Waals surface area contributed by atoms with Gasteiger partial charge < -0.3 is 4.74 Å². The third-order valence-electron chi connectivity index (χ3n) is 3.31. The lowest BCUT2D eigenvalue weighted by Crippen LogP contribution is -2.29. The summed E-state index contributed by atoms with van der Waals surface area (Å²) < 4.78 is 5.17. The third kappa shape index (κ3) is 2.15. The van der Waals surface area contributed by atoms with Crippen molar-refractivity contribution in [2.24, 2.45) is 0 Å². The first kappa shape index (κ1) is 13.6. The Labute approximate surface area is 126 Å². The average molecular weight is 303 g/mol. The van der Waals surface area contributed by atoms with E-state index in [1.807, 2.05) is 0 Å². The monoisotopic (exact) mass is 302 g/mol. The number of fused-ring (bicyclic) bond motifs is 1. The standard InChI is InChI=1S/C15H11ClN2O3/c1-21-14-9(4-3-7-17-14)8-18-12-10(13(19)15(18)20)5-2-6-11(12)16/h2-7H,8H2,1H3. The number of carbonyl (C=O) groups excluding carboxylic acids is 2. The molecule has 0 saturated heterocycles. The van der Waals surface area contributed by atoms with Crippen LogP contribution in [0.3, 0.4) is 0 Å². The smallest absolute Gasteiger partial charge is 0.299 e.